The Kier molecular flexibility index (Phi) is 6.64. The number of aliphatic hydroxyl groups excluding tert-OH is 1. The van der Waals surface area contributed by atoms with Gasteiger partial charge in [0.2, 0.25) is 0 Å². The van der Waals surface area contributed by atoms with Crippen molar-refractivity contribution in [3.8, 4) is 0 Å². The van der Waals surface area contributed by atoms with Crippen LogP contribution in [0.4, 0.5) is 0 Å². The molecule has 4 heteroatoms. The first-order valence-electron chi connectivity index (χ1n) is 7.98. The molecule has 0 bridgehead atoms. The standard InChI is InChI=1S/C17H28N2O2/c1-14-7-6-8-15(2)19(14)18-11-17(20)13-21-12-16-9-4-3-5-10-16/h3-5,9-10,14-15,17-18,20H,6-8,11-13H2,1-2H3. The molecule has 21 heavy (non-hydrogen) atoms. The van der Waals surface area contributed by atoms with Gasteiger partial charge in [-0.2, -0.15) is 0 Å². The molecular weight excluding hydrogens is 264 g/mol. The maximum absolute atomic E-state index is 10.0. The number of rotatable bonds is 7. The molecule has 0 aromatic heterocycles. The summed E-state index contributed by atoms with van der Waals surface area (Å²) in [5.74, 6) is 0. The molecule has 118 valence electrons. The van der Waals surface area contributed by atoms with Crippen LogP contribution in [0.5, 0.6) is 0 Å². The Morgan fingerprint density at radius 2 is 1.90 bits per heavy atom. The summed E-state index contributed by atoms with van der Waals surface area (Å²) >= 11 is 0. The van der Waals surface area contributed by atoms with Gasteiger partial charge in [-0.3, -0.25) is 5.43 Å². The van der Waals surface area contributed by atoms with Crippen LogP contribution in [-0.4, -0.2) is 41.5 Å². The third kappa shape index (κ3) is 5.40. The van der Waals surface area contributed by atoms with Crippen molar-refractivity contribution < 1.29 is 9.84 Å². The molecule has 0 spiro atoms. The molecule has 1 aliphatic rings. The molecule has 2 N–H and O–H groups in total. The van der Waals surface area contributed by atoms with Gasteiger partial charge < -0.3 is 9.84 Å². The first kappa shape index (κ1) is 16.4. The fourth-order valence-corrected chi connectivity index (χ4v) is 2.89. The van der Waals surface area contributed by atoms with Gasteiger partial charge in [-0.05, 0) is 32.3 Å². The lowest BCUT2D eigenvalue weighted by atomic mass is 10.00. The Labute approximate surface area is 128 Å². The average Bonchev–Trinajstić information content (AvgIpc) is 2.48. The molecule has 0 amide bonds. The minimum Gasteiger partial charge on any atom is -0.389 e. The number of hydrazine groups is 1. The van der Waals surface area contributed by atoms with Crippen LogP contribution in [0.2, 0.25) is 0 Å². The number of benzene rings is 1. The highest BCUT2D eigenvalue weighted by molar-refractivity contribution is 5.13. The van der Waals surface area contributed by atoms with Crippen LogP contribution in [-0.2, 0) is 11.3 Å². The maximum atomic E-state index is 10.0. The summed E-state index contributed by atoms with van der Waals surface area (Å²) in [4.78, 5) is 0. The SMILES string of the molecule is CC1CCCC(C)N1NCC(O)COCc1ccccc1. The van der Waals surface area contributed by atoms with Crippen LogP contribution in [0.15, 0.2) is 30.3 Å². The van der Waals surface area contributed by atoms with Gasteiger partial charge in [0.05, 0.1) is 19.3 Å². The van der Waals surface area contributed by atoms with E-state index < -0.39 is 6.10 Å². The Balaban J connectivity index is 1.64. The van der Waals surface area contributed by atoms with E-state index >= 15 is 0 Å². The normalized spacial score (nSPS) is 24.9. The fraction of sp³-hybridized carbons (Fsp3) is 0.647. The Morgan fingerprint density at radius 1 is 1.24 bits per heavy atom. The van der Waals surface area contributed by atoms with Crippen LogP contribution in [0, 0.1) is 0 Å². The summed E-state index contributed by atoms with van der Waals surface area (Å²) in [5, 5.41) is 12.3. The van der Waals surface area contributed by atoms with Gasteiger partial charge >= 0.3 is 0 Å². The minimum atomic E-state index is -0.477. The molecule has 0 radical (unpaired) electrons. The largest absolute Gasteiger partial charge is 0.389 e. The molecular formula is C17H28N2O2. The second-order valence-electron chi connectivity index (χ2n) is 6.05. The molecule has 1 fully saturated rings. The van der Waals surface area contributed by atoms with Crippen molar-refractivity contribution in [2.45, 2.75) is 57.9 Å². The number of hydrogen-bond acceptors (Lipinski definition) is 4. The van der Waals surface area contributed by atoms with Crippen LogP contribution >= 0.6 is 0 Å². The van der Waals surface area contributed by atoms with E-state index in [0.29, 0.717) is 31.8 Å². The Morgan fingerprint density at radius 3 is 2.57 bits per heavy atom. The van der Waals surface area contributed by atoms with Gasteiger partial charge in [-0.25, -0.2) is 5.01 Å². The lowest BCUT2D eigenvalue weighted by Gasteiger charge is -2.39. The van der Waals surface area contributed by atoms with Crippen molar-refractivity contribution in [1.82, 2.24) is 10.4 Å². The summed E-state index contributed by atoms with van der Waals surface area (Å²) in [6.45, 7) is 5.93. The summed E-state index contributed by atoms with van der Waals surface area (Å²) in [6.07, 6.45) is 3.26. The van der Waals surface area contributed by atoms with Crippen molar-refractivity contribution in [3.63, 3.8) is 0 Å². The van der Waals surface area contributed by atoms with Gasteiger partial charge in [-0.15, -0.1) is 0 Å². The average molecular weight is 292 g/mol. The van der Waals surface area contributed by atoms with Crippen LogP contribution in [0.25, 0.3) is 0 Å². The molecule has 1 aromatic rings. The lowest BCUT2D eigenvalue weighted by Crippen LogP contribution is -2.54. The van der Waals surface area contributed by atoms with E-state index in [4.69, 9.17) is 4.74 Å². The van der Waals surface area contributed by atoms with Gasteiger partial charge in [0.1, 0.15) is 0 Å². The Hall–Kier alpha value is -0.940. The minimum absolute atomic E-state index is 0.360. The van der Waals surface area contributed by atoms with Crippen molar-refractivity contribution in [1.29, 1.82) is 0 Å². The molecule has 3 unspecified atom stereocenters. The molecule has 1 saturated heterocycles. The predicted molar refractivity (Wildman–Crippen MR) is 84.7 cm³/mol. The topological polar surface area (TPSA) is 44.7 Å². The van der Waals surface area contributed by atoms with Crippen LogP contribution in [0.1, 0.15) is 38.7 Å². The summed E-state index contributed by atoms with van der Waals surface area (Å²) in [7, 11) is 0. The van der Waals surface area contributed by atoms with Crippen molar-refractivity contribution >= 4 is 0 Å². The molecule has 1 aliphatic heterocycles. The number of piperidine rings is 1. The van der Waals surface area contributed by atoms with E-state index in [1.54, 1.807) is 0 Å². The number of nitrogens with one attached hydrogen (secondary N) is 1. The van der Waals surface area contributed by atoms with Gasteiger partial charge in [0.15, 0.2) is 0 Å². The summed E-state index contributed by atoms with van der Waals surface area (Å²) < 4.78 is 5.57. The summed E-state index contributed by atoms with van der Waals surface area (Å²) in [6, 6.07) is 11.1. The zero-order valence-electron chi connectivity index (χ0n) is 13.2. The second kappa shape index (κ2) is 8.49. The van der Waals surface area contributed by atoms with Gasteiger partial charge in [0.25, 0.3) is 0 Å². The molecule has 1 heterocycles. The molecule has 3 atom stereocenters. The number of hydrogen-bond donors (Lipinski definition) is 2. The highest BCUT2D eigenvalue weighted by Gasteiger charge is 2.24. The second-order valence-corrected chi connectivity index (χ2v) is 6.05. The predicted octanol–water partition coefficient (Wildman–Crippen LogP) is 2.33. The molecule has 1 aromatic carbocycles. The lowest BCUT2D eigenvalue weighted by molar-refractivity contribution is -0.00633. The van der Waals surface area contributed by atoms with Crippen molar-refractivity contribution in [3.05, 3.63) is 35.9 Å². The number of nitrogens with zero attached hydrogens (tertiary/aromatic N) is 1. The van der Waals surface area contributed by atoms with Crippen LogP contribution < -0.4 is 5.43 Å². The summed E-state index contributed by atoms with van der Waals surface area (Å²) in [5.41, 5.74) is 4.51. The first-order valence-corrected chi connectivity index (χ1v) is 7.98. The van der Waals surface area contributed by atoms with E-state index in [0.717, 1.165) is 5.56 Å². The molecule has 0 saturated carbocycles. The highest BCUT2D eigenvalue weighted by Crippen LogP contribution is 2.20. The monoisotopic (exact) mass is 292 g/mol. The van der Waals surface area contributed by atoms with Gasteiger partial charge in [-0.1, -0.05) is 36.8 Å². The van der Waals surface area contributed by atoms with E-state index in [2.05, 4.69) is 24.3 Å². The highest BCUT2D eigenvalue weighted by atomic mass is 16.5. The van der Waals surface area contributed by atoms with E-state index in [1.807, 2.05) is 30.3 Å². The maximum Gasteiger partial charge on any atom is 0.0911 e. The first-order chi connectivity index (χ1) is 10.2. The van der Waals surface area contributed by atoms with E-state index in [-0.39, 0.29) is 0 Å². The number of aliphatic hydroxyl groups is 1. The van der Waals surface area contributed by atoms with Crippen molar-refractivity contribution in [2.75, 3.05) is 13.2 Å². The van der Waals surface area contributed by atoms with E-state index in [9.17, 15) is 5.11 Å². The number of ether oxygens (including phenoxy) is 1. The Bertz CT molecular complexity index is 389. The molecule has 0 aliphatic carbocycles. The zero-order chi connectivity index (χ0) is 15.1. The molecule has 2 rings (SSSR count). The fourth-order valence-electron chi connectivity index (χ4n) is 2.89. The quantitative estimate of drug-likeness (QED) is 0.809. The van der Waals surface area contributed by atoms with E-state index in [1.165, 1.54) is 19.3 Å². The van der Waals surface area contributed by atoms with Crippen LogP contribution in [0.3, 0.4) is 0 Å². The van der Waals surface area contributed by atoms with Gasteiger partial charge in [0, 0.05) is 18.6 Å². The third-order valence-electron chi connectivity index (χ3n) is 4.12. The zero-order valence-corrected chi connectivity index (χ0v) is 13.2. The molecule has 4 nitrogen and oxygen atoms in total. The smallest absolute Gasteiger partial charge is 0.0911 e. The third-order valence-corrected chi connectivity index (χ3v) is 4.12. The van der Waals surface area contributed by atoms with Crippen molar-refractivity contribution in [2.24, 2.45) is 0 Å².